The molecule has 0 bridgehead atoms. The highest BCUT2D eigenvalue weighted by atomic mass is 16.5. The van der Waals surface area contributed by atoms with Gasteiger partial charge in [-0.15, -0.1) is 0 Å². The van der Waals surface area contributed by atoms with Crippen molar-refractivity contribution < 1.29 is 14.3 Å². The summed E-state index contributed by atoms with van der Waals surface area (Å²) in [7, 11) is 1.44. The summed E-state index contributed by atoms with van der Waals surface area (Å²) >= 11 is 0. The molecule has 4 nitrogen and oxygen atoms in total. The number of hydrogen-bond acceptors (Lipinski definition) is 4. The van der Waals surface area contributed by atoms with Crippen molar-refractivity contribution in [3.63, 3.8) is 0 Å². The Balaban J connectivity index is 1.67. The molecule has 0 spiro atoms. The smallest absolute Gasteiger partial charge is 0.313 e. The molecule has 4 heteroatoms. The second-order valence-corrected chi connectivity index (χ2v) is 6.11. The predicted octanol–water partition coefficient (Wildman–Crippen LogP) is 2.79. The second kappa shape index (κ2) is 5.70. The number of rotatable bonds is 3. The quantitative estimate of drug-likeness (QED) is 0.817. The molecule has 2 aliphatic heterocycles. The van der Waals surface area contributed by atoms with Crippen molar-refractivity contribution in [1.29, 1.82) is 0 Å². The normalized spacial score (nSPS) is 25.5. The zero-order chi connectivity index (χ0) is 15.8. The van der Waals surface area contributed by atoms with Crippen molar-refractivity contribution in [3.05, 3.63) is 65.7 Å². The third-order valence-corrected chi connectivity index (χ3v) is 4.77. The predicted molar refractivity (Wildman–Crippen MR) is 86.0 cm³/mol. The Morgan fingerprint density at radius 2 is 1.91 bits per heavy atom. The van der Waals surface area contributed by atoms with E-state index in [-0.39, 0.29) is 24.0 Å². The summed E-state index contributed by atoms with van der Waals surface area (Å²) in [4.78, 5) is 14.5. The number of benzene rings is 2. The van der Waals surface area contributed by atoms with E-state index in [1.54, 1.807) is 0 Å². The molecule has 2 aromatic carbocycles. The molecule has 0 aromatic heterocycles. The van der Waals surface area contributed by atoms with Crippen molar-refractivity contribution in [2.45, 2.75) is 18.7 Å². The Hall–Kier alpha value is -2.33. The van der Waals surface area contributed by atoms with Crippen LogP contribution in [0.3, 0.4) is 0 Å². The van der Waals surface area contributed by atoms with Crippen LogP contribution in [0.2, 0.25) is 0 Å². The van der Waals surface area contributed by atoms with Gasteiger partial charge in [0.05, 0.1) is 13.2 Å². The van der Waals surface area contributed by atoms with E-state index in [9.17, 15) is 4.79 Å². The molecule has 0 saturated carbocycles. The van der Waals surface area contributed by atoms with Gasteiger partial charge >= 0.3 is 5.97 Å². The van der Waals surface area contributed by atoms with Crippen molar-refractivity contribution in [2.75, 3.05) is 13.7 Å². The first-order chi connectivity index (χ1) is 11.3. The van der Waals surface area contributed by atoms with Crippen LogP contribution in [0.5, 0.6) is 5.75 Å². The maximum atomic E-state index is 12.2. The number of esters is 1. The van der Waals surface area contributed by atoms with E-state index in [1.165, 1.54) is 18.2 Å². The van der Waals surface area contributed by atoms with Crippen LogP contribution in [0, 0.1) is 5.92 Å². The van der Waals surface area contributed by atoms with Crippen molar-refractivity contribution in [1.82, 2.24) is 4.90 Å². The highest BCUT2D eigenvalue weighted by molar-refractivity contribution is 5.74. The van der Waals surface area contributed by atoms with Crippen molar-refractivity contribution in [2.24, 2.45) is 5.92 Å². The molecule has 3 atom stereocenters. The largest absolute Gasteiger partial charge is 0.487 e. The zero-order valence-corrected chi connectivity index (χ0v) is 13.0. The molecule has 23 heavy (non-hydrogen) atoms. The molecule has 4 rings (SSSR count). The van der Waals surface area contributed by atoms with Crippen LogP contribution < -0.4 is 4.74 Å². The average Bonchev–Trinajstić information content (AvgIpc) is 3.13. The van der Waals surface area contributed by atoms with E-state index in [2.05, 4.69) is 23.1 Å². The number of ether oxygens (including phenoxy) is 2. The molecule has 0 amide bonds. The van der Waals surface area contributed by atoms with Gasteiger partial charge in [0, 0.05) is 18.7 Å². The number of likely N-dealkylation sites (tertiary alicyclic amines) is 1. The third-order valence-electron chi connectivity index (χ3n) is 4.77. The number of para-hydroxylation sites is 1. The van der Waals surface area contributed by atoms with Crippen molar-refractivity contribution in [3.8, 4) is 5.75 Å². The first kappa shape index (κ1) is 14.3. The van der Waals surface area contributed by atoms with Gasteiger partial charge in [0.1, 0.15) is 17.8 Å². The molecule has 0 N–H and O–H groups in total. The lowest BCUT2D eigenvalue weighted by molar-refractivity contribution is -0.147. The summed E-state index contributed by atoms with van der Waals surface area (Å²) in [5.74, 6) is 0.443. The van der Waals surface area contributed by atoms with Crippen LogP contribution in [0.1, 0.15) is 17.2 Å². The summed E-state index contributed by atoms with van der Waals surface area (Å²) in [5, 5.41) is 0. The highest BCUT2D eigenvalue weighted by Gasteiger charge is 2.52. The molecule has 0 unspecified atom stereocenters. The Morgan fingerprint density at radius 1 is 1.17 bits per heavy atom. The Morgan fingerprint density at radius 3 is 2.70 bits per heavy atom. The molecular formula is C19H19NO3. The maximum absolute atomic E-state index is 12.2. The van der Waals surface area contributed by atoms with E-state index in [4.69, 9.17) is 9.47 Å². The lowest BCUT2D eigenvalue weighted by atomic mass is 9.99. The van der Waals surface area contributed by atoms with E-state index >= 15 is 0 Å². The number of nitrogens with zero attached hydrogens (tertiary/aromatic N) is 1. The molecule has 1 fully saturated rings. The molecular weight excluding hydrogens is 290 g/mol. The van der Waals surface area contributed by atoms with Crippen LogP contribution in [-0.2, 0) is 16.1 Å². The fraction of sp³-hybridized carbons (Fsp3) is 0.316. The molecule has 2 heterocycles. The van der Waals surface area contributed by atoms with Gasteiger partial charge in [-0.1, -0.05) is 48.5 Å². The minimum Gasteiger partial charge on any atom is -0.487 e. The standard InChI is InChI=1S/C19H19NO3/c1-22-19(21)15-12-20(11-13-7-3-2-4-8-13)17-14-9-5-6-10-16(14)23-18(15)17/h2-10,15,17-18H,11-12H2,1H3/t15-,17+,18+/m1/s1. The molecule has 118 valence electrons. The van der Waals surface area contributed by atoms with Gasteiger partial charge in [0.2, 0.25) is 0 Å². The van der Waals surface area contributed by atoms with E-state index in [0.717, 1.165) is 12.3 Å². The monoisotopic (exact) mass is 309 g/mol. The van der Waals surface area contributed by atoms with E-state index in [0.29, 0.717) is 6.54 Å². The van der Waals surface area contributed by atoms with E-state index < -0.39 is 0 Å². The second-order valence-electron chi connectivity index (χ2n) is 6.11. The maximum Gasteiger partial charge on any atom is 0.313 e. The minimum absolute atomic E-state index is 0.107. The Labute approximate surface area is 135 Å². The van der Waals surface area contributed by atoms with Gasteiger partial charge in [-0.3, -0.25) is 9.69 Å². The van der Waals surface area contributed by atoms with Gasteiger partial charge in [0.15, 0.2) is 0 Å². The van der Waals surface area contributed by atoms with Crippen LogP contribution in [0.25, 0.3) is 0 Å². The van der Waals surface area contributed by atoms with Gasteiger partial charge in [-0.25, -0.2) is 0 Å². The Bertz CT molecular complexity index is 716. The first-order valence-electron chi connectivity index (χ1n) is 7.89. The number of methoxy groups -OCH3 is 1. The van der Waals surface area contributed by atoms with Crippen LogP contribution in [0.4, 0.5) is 0 Å². The molecule has 0 radical (unpaired) electrons. The zero-order valence-electron chi connectivity index (χ0n) is 13.0. The lowest BCUT2D eigenvalue weighted by Gasteiger charge is -2.22. The van der Waals surface area contributed by atoms with Gasteiger partial charge < -0.3 is 9.47 Å². The lowest BCUT2D eigenvalue weighted by Crippen LogP contribution is -2.30. The highest BCUT2D eigenvalue weighted by Crippen LogP contribution is 2.48. The molecule has 2 aromatic rings. The summed E-state index contributed by atoms with van der Waals surface area (Å²) < 4.78 is 11.1. The van der Waals surface area contributed by atoms with Crippen LogP contribution >= 0.6 is 0 Å². The summed E-state index contributed by atoms with van der Waals surface area (Å²) in [6.45, 7) is 1.46. The average molecular weight is 309 g/mol. The van der Waals surface area contributed by atoms with E-state index in [1.807, 2.05) is 36.4 Å². The summed E-state index contributed by atoms with van der Waals surface area (Å²) in [6.07, 6.45) is -0.163. The SMILES string of the molecule is COC(=O)[C@@H]1CN(Cc2ccccc2)[C@H]2c3ccccc3O[C@@H]12. The number of carbonyl (C=O) groups excluding carboxylic acids is 1. The number of hydrogen-bond donors (Lipinski definition) is 0. The topological polar surface area (TPSA) is 38.8 Å². The molecule has 2 aliphatic rings. The Kier molecular flexibility index (Phi) is 3.54. The minimum atomic E-state index is -0.249. The van der Waals surface area contributed by atoms with Crippen LogP contribution in [-0.4, -0.2) is 30.6 Å². The molecule has 0 aliphatic carbocycles. The summed E-state index contributed by atoms with van der Waals surface area (Å²) in [5.41, 5.74) is 2.40. The van der Waals surface area contributed by atoms with Crippen molar-refractivity contribution >= 4 is 5.97 Å². The molecule has 1 saturated heterocycles. The summed E-state index contributed by atoms with van der Waals surface area (Å²) in [6, 6.07) is 18.5. The fourth-order valence-corrected chi connectivity index (χ4v) is 3.74. The van der Waals surface area contributed by atoms with Gasteiger partial charge in [-0.05, 0) is 11.6 Å². The number of carbonyl (C=O) groups is 1. The van der Waals surface area contributed by atoms with Crippen LogP contribution in [0.15, 0.2) is 54.6 Å². The first-order valence-corrected chi connectivity index (χ1v) is 7.89. The fourth-order valence-electron chi connectivity index (χ4n) is 3.74. The van der Waals surface area contributed by atoms with Gasteiger partial charge in [-0.2, -0.15) is 0 Å². The van der Waals surface area contributed by atoms with Gasteiger partial charge in [0.25, 0.3) is 0 Å². The third kappa shape index (κ3) is 2.39. The number of fused-ring (bicyclic) bond motifs is 3.